The minimum atomic E-state index is -4.75. The van der Waals surface area contributed by atoms with Crippen LogP contribution >= 0.6 is 0 Å². The minimum Gasteiger partial charge on any atom is -0.406 e. The van der Waals surface area contributed by atoms with Crippen LogP contribution < -0.4 is 14.5 Å². The molecule has 0 unspecified atom stereocenters. The molecule has 0 saturated carbocycles. The smallest absolute Gasteiger partial charge is 0.406 e. The number of alkyl halides is 3. The quantitative estimate of drug-likeness (QED) is 0.735. The summed E-state index contributed by atoms with van der Waals surface area (Å²) < 4.78 is 40.7. The first-order valence-electron chi connectivity index (χ1n) is 10.3. The van der Waals surface area contributed by atoms with Crippen LogP contribution in [0.2, 0.25) is 0 Å². The van der Waals surface area contributed by atoms with Crippen LogP contribution in [-0.2, 0) is 0 Å². The van der Waals surface area contributed by atoms with E-state index in [-0.39, 0.29) is 11.7 Å². The maximum absolute atomic E-state index is 12.7. The van der Waals surface area contributed by atoms with E-state index >= 15 is 0 Å². The van der Waals surface area contributed by atoms with Crippen molar-refractivity contribution in [3.8, 4) is 5.75 Å². The average Bonchev–Trinajstić information content (AvgIpc) is 3.27. The van der Waals surface area contributed by atoms with Gasteiger partial charge in [-0.05, 0) is 44.0 Å². The molecule has 2 aromatic rings. The molecule has 0 bridgehead atoms. The summed E-state index contributed by atoms with van der Waals surface area (Å²) in [4.78, 5) is 28.0. The van der Waals surface area contributed by atoms with Gasteiger partial charge in [0, 0.05) is 50.9 Å². The summed E-state index contributed by atoms with van der Waals surface area (Å²) in [6, 6.07) is 7.02. The van der Waals surface area contributed by atoms with Crippen LogP contribution in [-0.4, -0.2) is 66.4 Å². The minimum absolute atomic E-state index is 0.213. The molecular formula is C21H24F3N5O2. The van der Waals surface area contributed by atoms with Gasteiger partial charge >= 0.3 is 6.36 Å². The lowest BCUT2D eigenvalue weighted by atomic mass is 10.1. The molecule has 2 saturated heterocycles. The number of ether oxygens (including phenoxy) is 1. The van der Waals surface area contributed by atoms with E-state index in [2.05, 4.69) is 24.5 Å². The Morgan fingerprint density at radius 1 is 0.903 bits per heavy atom. The number of amides is 1. The standard InChI is InChI=1S/C21H24F3N5O2/c1-15-25-18(27-8-2-3-9-27)14-19(26-15)28-10-12-29(13-11-28)20(30)16-4-6-17(7-5-16)31-21(22,23)24/h4-7,14H,2-3,8-13H2,1H3. The van der Waals surface area contributed by atoms with Crippen molar-refractivity contribution < 1.29 is 22.7 Å². The molecule has 2 aliphatic heterocycles. The van der Waals surface area contributed by atoms with Gasteiger partial charge in [0.2, 0.25) is 0 Å². The monoisotopic (exact) mass is 435 g/mol. The molecule has 2 aliphatic rings. The summed E-state index contributed by atoms with van der Waals surface area (Å²) in [6.07, 6.45) is -2.42. The van der Waals surface area contributed by atoms with Crippen molar-refractivity contribution in [1.82, 2.24) is 14.9 Å². The maximum Gasteiger partial charge on any atom is 0.573 e. The normalized spacial score (nSPS) is 17.2. The van der Waals surface area contributed by atoms with Crippen molar-refractivity contribution >= 4 is 17.5 Å². The highest BCUT2D eigenvalue weighted by atomic mass is 19.4. The third kappa shape index (κ3) is 5.18. The maximum atomic E-state index is 12.7. The van der Waals surface area contributed by atoms with Gasteiger partial charge in [0.25, 0.3) is 5.91 Å². The third-order valence-corrected chi connectivity index (χ3v) is 5.47. The van der Waals surface area contributed by atoms with Crippen molar-refractivity contribution in [3.05, 3.63) is 41.7 Å². The number of benzene rings is 1. The van der Waals surface area contributed by atoms with Crippen LogP contribution in [0.1, 0.15) is 29.0 Å². The fourth-order valence-corrected chi connectivity index (χ4v) is 3.93. The van der Waals surface area contributed by atoms with E-state index in [1.807, 2.05) is 13.0 Å². The molecule has 7 nitrogen and oxygen atoms in total. The predicted molar refractivity (Wildman–Crippen MR) is 109 cm³/mol. The van der Waals surface area contributed by atoms with Gasteiger partial charge in [0.15, 0.2) is 0 Å². The Balaban J connectivity index is 1.38. The zero-order valence-electron chi connectivity index (χ0n) is 17.2. The number of hydrogen-bond acceptors (Lipinski definition) is 6. The number of nitrogens with zero attached hydrogens (tertiary/aromatic N) is 5. The summed E-state index contributed by atoms with van der Waals surface area (Å²) in [5.74, 6) is 1.96. The van der Waals surface area contributed by atoms with E-state index in [4.69, 9.17) is 0 Å². The largest absolute Gasteiger partial charge is 0.573 e. The molecule has 1 aromatic carbocycles. The predicted octanol–water partition coefficient (Wildman–Crippen LogP) is 3.25. The van der Waals surface area contributed by atoms with Gasteiger partial charge in [-0.2, -0.15) is 0 Å². The van der Waals surface area contributed by atoms with Crippen LogP contribution in [0, 0.1) is 6.92 Å². The first-order valence-corrected chi connectivity index (χ1v) is 10.3. The number of carbonyl (C=O) groups excluding carboxylic acids is 1. The summed E-state index contributed by atoms with van der Waals surface area (Å²) in [5, 5.41) is 0. The Kier molecular flexibility index (Phi) is 5.88. The molecule has 0 spiro atoms. The Labute approximate surface area is 178 Å². The first kappa shape index (κ1) is 21.2. The van der Waals surface area contributed by atoms with Crippen LogP contribution in [0.15, 0.2) is 30.3 Å². The Bertz CT molecular complexity index is 922. The molecule has 2 fully saturated rings. The van der Waals surface area contributed by atoms with Crippen molar-refractivity contribution in [2.75, 3.05) is 49.1 Å². The number of anilines is 2. The second-order valence-electron chi connectivity index (χ2n) is 7.68. The topological polar surface area (TPSA) is 61.8 Å². The number of piperazine rings is 1. The second kappa shape index (κ2) is 8.60. The summed E-state index contributed by atoms with van der Waals surface area (Å²) in [5.41, 5.74) is 0.331. The number of carbonyl (C=O) groups is 1. The Morgan fingerprint density at radius 3 is 2.00 bits per heavy atom. The zero-order valence-corrected chi connectivity index (χ0v) is 17.2. The van der Waals surface area contributed by atoms with E-state index < -0.39 is 6.36 Å². The molecule has 0 aliphatic carbocycles. The van der Waals surface area contributed by atoms with Gasteiger partial charge in [0.05, 0.1) is 0 Å². The number of halogens is 3. The molecule has 0 radical (unpaired) electrons. The molecule has 4 rings (SSSR count). The lowest BCUT2D eigenvalue weighted by Crippen LogP contribution is -2.49. The van der Waals surface area contributed by atoms with Gasteiger partial charge in [-0.1, -0.05) is 0 Å². The van der Waals surface area contributed by atoms with Crippen molar-refractivity contribution in [3.63, 3.8) is 0 Å². The van der Waals surface area contributed by atoms with E-state index in [0.29, 0.717) is 31.7 Å². The van der Waals surface area contributed by atoms with E-state index in [1.54, 1.807) is 4.90 Å². The van der Waals surface area contributed by atoms with E-state index in [9.17, 15) is 18.0 Å². The van der Waals surface area contributed by atoms with Gasteiger partial charge in [-0.15, -0.1) is 13.2 Å². The SMILES string of the molecule is Cc1nc(N2CCCC2)cc(N2CCN(C(=O)c3ccc(OC(F)(F)F)cc3)CC2)n1. The fraction of sp³-hybridized carbons (Fsp3) is 0.476. The molecule has 0 N–H and O–H groups in total. The molecule has 3 heterocycles. The van der Waals surface area contributed by atoms with E-state index in [1.165, 1.54) is 25.0 Å². The Morgan fingerprint density at radius 2 is 1.45 bits per heavy atom. The highest BCUT2D eigenvalue weighted by Crippen LogP contribution is 2.25. The van der Waals surface area contributed by atoms with Gasteiger partial charge < -0.3 is 19.4 Å². The van der Waals surface area contributed by atoms with Gasteiger partial charge in [-0.25, -0.2) is 9.97 Å². The molecule has 166 valence electrons. The molecule has 31 heavy (non-hydrogen) atoms. The molecule has 0 atom stereocenters. The van der Waals surface area contributed by atoms with Crippen LogP contribution in [0.4, 0.5) is 24.8 Å². The number of aryl methyl sites for hydroxylation is 1. The van der Waals surface area contributed by atoms with Gasteiger partial charge in [-0.3, -0.25) is 4.79 Å². The number of hydrogen-bond donors (Lipinski definition) is 0. The average molecular weight is 435 g/mol. The first-order chi connectivity index (χ1) is 14.8. The zero-order chi connectivity index (χ0) is 22.0. The molecular weight excluding hydrogens is 411 g/mol. The highest BCUT2D eigenvalue weighted by molar-refractivity contribution is 5.94. The summed E-state index contributed by atoms with van der Waals surface area (Å²) in [7, 11) is 0. The highest BCUT2D eigenvalue weighted by Gasteiger charge is 2.31. The van der Waals surface area contributed by atoms with Crippen LogP contribution in [0.5, 0.6) is 5.75 Å². The molecule has 1 aromatic heterocycles. The molecule has 1 amide bonds. The molecule has 10 heteroatoms. The van der Waals surface area contributed by atoms with Crippen molar-refractivity contribution in [2.24, 2.45) is 0 Å². The van der Waals surface area contributed by atoms with Gasteiger partial charge in [0.1, 0.15) is 23.2 Å². The Hall–Kier alpha value is -3.04. The van der Waals surface area contributed by atoms with E-state index in [0.717, 1.165) is 42.7 Å². The van der Waals surface area contributed by atoms with Crippen molar-refractivity contribution in [2.45, 2.75) is 26.1 Å². The third-order valence-electron chi connectivity index (χ3n) is 5.47. The van der Waals surface area contributed by atoms with Crippen LogP contribution in [0.3, 0.4) is 0 Å². The number of aromatic nitrogens is 2. The summed E-state index contributed by atoms with van der Waals surface area (Å²) in [6.45, 7) is 6.14. The lowest BCUT2D eigenvalue weighted by Gasteiger charge is -2.35. The van der Waals surface area contributed by atoms with Crippen molar-refractivity contribution in [1.29, 1.82) is 0 Å². The number of rotatable bonds is 4. The summed E-state index contributed by atoms with van der Waals surface area (Å²) >= 11 is 0. The fourth-order valence-electron chi connectivity index (χ4n) is 3.93. The second-order valence-corrected chi connectivity index (χ2v) is 7.68. The lowest BCUT2D eigenvalue weighted by molar-refractivity contribution is -0.274. The van der Waals surface area contributed by atoms with Crippen LogP contribution in [0.25, 0.3) is 0 Å².